The topological polar surface area (TPSA) is 103 Å². The summed E-state index contributed by atoms with van der Waals surface area (Å²) >= 11 is 0. The van der Waals surface area contributed by atoms with Crippen LogP contribution < -0.4 is 10.6 Å². The minimum absolute atomic E-state index is 0.0550. The van der Waals surface area contributed by atoms with Gasteiger partial charge in [-0.2, -0.15) is 0 Å². The first-order valence-corrected chi connectivity index (χ1v) is 13.0. The number of hydrogen-bond acceptors (Lipinski definition) is 4. The quantitative estimate of drug-likeness (QED) is 0.554. The highest BCUT2D eigenvalue weighted by Crippen LogP contribution is 2.51. The summed E-state index contributed by atoms with van der Waals surface area (Å²) in [6.45, 7) is 17.5. The van der Waals surface area contributed by atoms with Crippen LogP contribution in [0.15, 0.2) is 24.3 Å². The Morgan fingerprint density at radius 2 is 1.86 bits per heavy atom. The Morgan fingerprint density at radius 3 is 2.46 bits per heavy atom. The van der Waals surface area contributed by atoms with Crippen LogP contribution in [0.3, 0.4) is 0 Å². The van der Waals surface area contributed by atoms with Crippen LogP contribution in [0, 0.1) is 23.8 Å². The van der Waals surface area contributed by atoms with E-state index in [0.717, 1.165) is 12.0 Å². The van der Waals surface area contributed by atoms with Gasteiger partial charge in [-0.3, -0.25) is 28.9 Å². The number of likely N-dealkylation sites (tertiary alicyclic amines) is 1. The second kappa shape index (κ2) is 9.47. The van der Waals surface area contributed by atoms with Crippen molar-refractivity contribution >= 4 is 29.3 Å². The van der Waals surface area contributed by atoms with Crippen LogP contribution in [0.5, 0.6) is 0 Å². The molecule has 4 amide bonds. The smallest absolute Gasteiger partial charge is 0.302 e. The van der Waals surface area contributed by atoms with Crippen molar-refractivity contribution in [2.75, 3.05) is 18.9 Å². The average Bonchev–Trinajstić information content (AvgIpc) is 3.20. The zero-order valence-corrected chi connectivity index (χ0v) is 22.5. The molecule has 1 aliphatic carbocycles. The third-order valence-electron chi connectivity index (χ3n) is 8.24. The number of carbonyl (C=O) groups is 4. The van der Waals surface area contributed by atoms with Crippen molar-refractivity contribution in [2.45, 2.75) is 77.5 Å². The van der Waals surface area contributed by atoms with Crippen molar-refractivity contribution in [1.29, 1.82) is 0 Å². The zero-order chi connectivity index (χ0) is 27.3. The van der Waals surface area contributed by atoms with Gasteiger partial charge in [0, 0.05) is 25.2 Å². The summed E-state index contributed by atoms with van der Waals surface area (Å²) in [5.41, 5.74) is 0.471. The molecular weight excluding hydrogens is 470 g/mol. The first-order valence-electron chi connectivity index (χ1n) is 13.0. The fourth-order valence-corrected chi connectivity index (χ4v) is 5.77. The van der Waals surface area contributed by atoms with Crippen LogP contribution in [0.2, 0.25) is 0 Å². The molecule has 1 aromatic rings. The molecule has 37 heavy (non-hydrogen) atoms. The maximum Gasteiger partial charge on any atom is 0.302 e. The monoisotopic (exact) mass is 507 g/mol. The van der Waals surface area contributed by atoms with E-state index in [4.69, 9.17) is 6.57 Å². The van der Waals surface area contributed by atoms with E-state index in [2.05, 4.69) is 15.5 Å². The van der Waals surface area contributed by atoms with Crippen LogP contribution in [-0.2, 0) is 24.6 Å². The molecule has 2 aliphatic heterocycles. The summed E-state index contributed by atoms with van der Waals surface area (Å²) in [4.78, 5) is 59.6. The molecule has 0 aromatic heterocycles. The maximum absolute atomic E-state index is 14.0. The van der Waals surface area contributed by atoms with E-state index in [-0.39, 0.29) is 53.8 Å². The molecule has 0 bridgehead atoms. The predicted octanol–water partition coefficient (Wildman–Crippen LogP) is 2.78. The van der Waals surface area contributed by atoms with Crippen LogP contribution >= 0.6 is 0 Å². The van der Waals surface area contributed by atoms with Crippen LogP contribution in [-0.4, -0.2) is 65.3 Å². The standard InChI is InChI=1S/C28H37N5O4/c1-16(2)12-21(32(7)24(35)17(3)30-23(34)19-13-27(19,4)5)25(36)33-15-28(14-22(33)29-6)18-10-8-9-11-20(18)31-26(28)37/h8-11,16-17,19,21-22H,12-15H2,1-5,7H3,(H,30,34)(H,31,37)/t17-,19?,21-,22-,28-/m0/s1. The molecule has 1 unspecified atom stereocenters. The molecule has 5 atom stereocenters. The van der Waals surface area contributed by atoms with Gasteiger partial charge in [0.2, 0.25) is 17.7 Å². The van der Waals surface area contributed by atoms with Gasteiger partial charge in [0.15, 0.2) is 0 Å². The Bertz CT molecular complexity index is 1170. The summed E-state index contributed by atoms with van der Waals surface area (Å²) in [5.74, 6) is -1.07. The number of amides is 4. The fourth-order valence-electron chi connectivity index (χ4n) is 5.77. The summed E-state index contributed by atoms with van der Waals surface area (Å²) in [7, 11) is 1.58. The van der Waals surface area contributed by atoms with Crippen molar-refractivity contribution < 1.29 is 19.2 Å². The zero-order valence-electron chi connectivity index (χ0n) is 22.5. The fraction of sp³-hybridized carbons (Fsp3) is 0.607. The van der Waals surface area contributed by atoms with E-state index in [9.17, 15) is 19.2 Å². The molecule has 2 fully saturated rings. The molecule has 9 nitrogen and oxygen atoms in total. The Morgan fingerprint density at radius 1 is 1.22 bits per heavy atom. The van der Waals surface area contributed by atoms with Crippen molar-refractivity contribution in [3.8, 4) is 0 Å². The molecule has 1 aromatic carbocycles. The normalized spacial score (nSPS) is 26.8. The molecule has 4 rings (SSSR count). The minimum Gasteiger partial charge on any atom is -0.344 e. The second-order valence-electron chi connectivity index (χ2n) is 11.9. The van der Waals surface area contributed by atoms with Crippen molar-refractivity contribution in [3.05, 3.63) is 41.2 Å². The molecule has 0 radical (unpaired) electrons. The van der Waals surface area contributed by atoms with Gasteiger partial charge in [-0.1, -0.05) is 45.9 Å². The van der Waals surface area contributed by atoms with Crippen LogP contribution in [0.1, 0.15) is 59.4 Å². The van der Waals surface area contributed by atoms with Gasteiger partial charge < -0.3 is 15.5 Å². The molecule has 3 aliphatic rings. The maximum atomic E-state index is 14.0. The number of hydrogen-bond donors (Lipinski definition) is 2. The summed E-state index contributed by atoms with van der Waals surface area (Å²) in [5, 5.41) is 5.72. The van der Waals surface area contributed by atoms with Gasteiger partial charge in [-0.25, -0.2) is 6.57 Å². The molecular formula is C28H37N5O4. The first kappa shape index (κ1) is 26.6. The van der Waals surface area contributed by atoms with Crippen molar-refractivity contribution in [2.24, 2.45) is 17.3 Å². The molecule has 1 spiro atoms. The third-order valence-corrected chi connectivity index (χ3v) is 8.24. The SMILES string of the molecule is [C-]#[N+][C@@H]1C[C@@]2(CN1C(=O)[C@H](CC(C)C)N(C)C(=O)[C@H](C)NC(=O)C1CC1(C)C)C(=O)Nc1ccccc12. The summed E-state index contributed by atoms with van der Waals surface area (Å²) in [6.07, 6.45) is 0.585. The number of likely N-dealkylation sites (N-methyl/N-ethyl adjacent to an activating group) is 1. The van der Waals surface area contributed by atoms with Gasteiger partial charge in [0.1, 0.15) is 17.5 Å². The molecule has 1 saturated carbocycles. The van der Waals surface area contributed by atoms with E-state index in [0.29, 0.717) is 12.1 Å². The number of rotatable bonds is 7. The molecule has 198 valence electrons. The van der Waals surface area contributed by atoms with Gasteiger partial charge in [-0.15, -0.1) is 0 Å². The third kappa shape index (κ3) is 4.70. The van der Waals surface area contributed by atoms with E-state index in [1.54, 1.807) is 14.0 Å². The number of carbonyl (C=O) groups excluding carboxylic acids is 4. The van der Waals surface area contributed by atoms with E-state index >= 15 is 0 Å². The summed E-state index contributed by atoms with van der Waals surface area (Å²) in [6, 6.07) is 5.78. The molecule has 9 heteroatoms. The lowest BCUT2D eigenvalue weighted by Crippen LogP contribution is -2.55. The van der Waals surface area contributed by atoms with E-state index in [1.165, 1.54) is 9.80 Å². The number of fused-ring (bicyclic) bond motifs is 2. The lowest BCUT2D eigenvalue weighted by atomic mass is 9.80. The van der Waals surface area contributed by atoms with Crippen molar-refractivity contribution in [1.82, 2.24) is 15.1 Å². The number of anilines is 1. The van der Waals surface area contributed by atoms with E-state index in [1.807, 2.05) is 52.0 Å². The van der Waals surface area contributed by atoms with Gasteiger partial charge in [-0.05, 0) is 42.7 Å². The molecule has 1 saturated heterocycles. The van der Waals surface area contributed by atoms with E-state index < -0.39 is 23.7 Å². The number of nitrogens with zero attached hydrogens (tertiary/aromatic N) is 3. The van der Waals surface area contributed by atoms with Gasteiger partial charge in [0.25, 0.3) is 5.91 Å². The Hall–Kier alpha value is -3.41. The van der Waals surface area contributed by atoms with Crippen LogP contribution in [0.4, 0.5) is 5.69 Å². The minimum atomic E-state index is -0.981. The Kier molecular flexibility index (Phi) is 6.82. The lowest BCUT2D eigenvalue weighted by Gasteiger charge is -2.33. The summed E-state index contributed by atoms with van der Waals surface area (Å²) < 4.78 is 0. The largest absolute Gasteiger partial charge is 0.344 e. The molecule has 2 heterocycles. The first-order chi connectivity index (χ1) is 17.3. The highest BCUT2D eigenvalue weighted by molar-refractivity contribution is 6.07. The highest BCUT2D eigenvalue weighted by Gasteiger charge is 2.59. The van der Waals surface area contributed by atoms with Crippen LogP contribution in [0.25, 0.3) is 4.85 Å². The second-order valence-corrected chi connectivity index (χ2v) is 11.9. The molecule has 2 N–H and O–H groups in total. The lowest BCUT2D eigenvalue weighted by molar-refractivity contribution is -0.147. The number of para-hydroxylation sites is 1. The van der Waals surface area contributed by atoms with Gasteiger partial charge >= 0.3 is 6.17 Å². The predicted molar refractivity (Wildman–Crippen MR) is 139 cm³/mol. The number of benzene rings is 1. The average molecular weight is 508 g/mol. The van der Waals surface area contributed by atoms with Gasteiger partial charge in [0.05, 0.1) is 6.42 Å². The Labute approximate surface area is 218 Å². The van der Waals surface area contributed by atoms with Crippen molar-refractivity contribution in [3.63, 3.8) is 0 Å². The number of nitrogens with one attached hydrogen (secondary N) is 2. The highest BCUT2D eigenvalue weighted by atomic mass is 16.2. The Balaban J connectivity index is 1.55.